The quantitative estimate of drug-likeness (QED) is 0.468. The summed E-state index contributed by atoms with van der Waals surface area (Å²) < 4.78 is 78.5. The van der Waals surface area contributed by atoms with Crippen LogP contribution in [0.2, 0.25) is 5.02 Å². The minimum absolute atomic E-state index is 0.0143. The molecule has 1 amide bonds. The van der Waals surface area contributed by atoms with E-state index in [4.69, 9.17) is 11.6 Å². The molecule has 0 radical (unpaired) electrons. The zero-order valence-corrected chi connectivity index (χ0v) is 17.0. The fraction of sp³-hybridized carbons (Fsp3) is 0.0556. The van der Waals surface area contributed by atoms with Crippen LogP contribution in [-0.4, -0.2) is 14.3 Å². The van der Waals surface area contributed by atoms with Crippen LogP contribution < -0.4 is 10.0 Å². The molecule has 0 aliphatic heterocycles. The number of alkyl halides is 3. The molecule has 0 spiro atoms. The second-order valence-electron chi connectivity index (χ2n) is 5.91. The Morgan fingerprint density at radius 1 is 1.03 bits per heavy atom. The van der Waals surface area contributed by atoms with E-state index < -0.39 is 38.4 Å². The Kier molecular flexibility index (Phi) is 6.06. The first-order valence-corrected chi connectivity index (χ1v) is 10.7. The third-order valence-corrected chi connectivity index (χ3v) is 6.36. The van der Waals surface area contributed by atoms with Crippen molar-refractivity contribution in [1.82, 2.24) is 0 Å². The number of sulfonamides is 1. The van der Waals surface area contributed by atoms with Gasteiger partial charge in [-0.3, -0.25) is 9.52 Å². The summed E-state index contributed by atoms with van der Waals surface area (Å²) in [6.07, 6.45) is -4.52. The van der Waals surface area contributed by atoms with E-state index in [-0.39, 0.29) is 21.3 Å². The molecular weight excluding hydrogens is 468 g/mol. The fourth-order valence-corrected chi connectivity index (χ4v) is 4.60. The largest absolute Gasteiger partial charge is 0.416 e. The summed E-state index contributed by atoms with van der Waals surface area (Å²) in [6, 6.07) is 8.00. The van der Waals surface area contributed by atoms with E-state index in [1.54, 1.807) is 0 Å². The Balaban J connectivity index is 1.71. The Morgan fingerprint density at radius 2 is 1.70 bits per heavy atom. The average molecular weight is 479 g/mol. The Morgan fingerprint density at radius 3 is 2.30 bits per heavy atom. The highest BCUT2D eigenvalue weighted by molar-refractivity contribution is 7.93. The molecule has 5 nitrogen and oxygen atoms in total. The standard InChI is InChI=1S/C18H11ClF4N2O3S2/c19-12-5-6-15(14(20)7-12)30(27,28)25-16-8-13(9-29-16)24-17(26)10-1-3-11(4-2-10)18(21,22)23/h1-9,25H,(H,24,26). The number of hydrogen-bond donors (Lipinski definition) is 2. The van der Waals surface area contributed by atoms with Crippen LogP contribution >= 0.6 is 22.9 Å². The summed E-state index contributed by atoms with van der Waals surface area (Å²) in [6.45, 7) is 0. The topological polar surface area (TPSA) is 75.3 Å². The van der Waals surface area contributed by atoms with Crippen molar-refractivity contribution in [3.63, 3.8) is 0 Å². The van der Waals surface area contributed by atoms with Crippen LogP contribution in [0.25, 0.3) is 0 Å². The number of nitrogens with one attached hydrogen (secondary N) is 2. The number of rotatable bonds is 5. The van der Waals surface area contributed by atoms with Gasteiger partial charge in [0.25, 0.3) is 15.9 Å². The van der Waals surface area contributed by atoms with Crippen molar-refractivity contribution < 1.29 is 30.8 Å². The van der Waals surface area contributed by atoms with E-state index in [0.29, 0.717) is 0 Å². The molecule has 0 bridgehead atoms. The summed E-state index contributed by atoms with van der Waals surface area (Å²) >= 11 is 6.53. The van der Waals surface area contributed by atoms with Crippen LogP contribution in [-0.2, 0) is 16.2 Å². The molecule has 1 heterocycles. The van der Waals surface area contributed by atoms with Gasteiger partial charge in [0.1, 0.15) is 15.7 Å². The number of hydrogen-bond acceptors (Lipinski definition) is 4. The molecule has 0 fully saturated rings. The molecular formula is C18H11ClF4N2O3S2. The number of anilines is 2. The third kappa shape index (κ3) is 5.10. The van der Waals surface area contributed by atoms with Gasteiger partial charge in [-0.25, -0.2) is 12.8 Å². The van der Waals surface area contributed by atoms with Gasteiger partial charge in [0.2, 0.25) is 0 Å². The minimum Gasteiger partial charge on any atom is -0.321 e. The lowest BCUT2D eigenvalue weighted by atomic mass is 10.1. The van der Waals surface area contributed by atoms with E-state index >= 15 is 0 Å². The summed E-state index contributed by atoms with van der Waals surface area (Å²) in [5, 5.41) is 3.99. The Labute approximate surface area is 177 Å². The highest BCUT2D eigenvalue weighted by atomic mass is 35.5. The second kappa shape index (κ2) is 8.25. The van der Waals surface area contributed by atoms with Crippen LogP contribution in [0, 0.1) is 5.82 Å². The van der Waals surface area contributed by atoms with Crippen LogP contribution in [0.3, 0.4) is 0 Å². The lowest BCUT2D eigenvalue weighted by Crippen LogP contribution is -2.14. The SMILES string of the molecule is O=C(Nc1csc(NS(=O)(=O)c2ccc(Cl)cc2F)c1)c1ccc(C(F)(F)F)cc1. The molecule has 0 aliphatic carbocycles. The van der Waals surface area contributed by atoms with E-state index in [1.807, 2.05) is 0 Å². The molecule has 158 valence electrons. The molecule has 0 atom stereocenters. The molecule has 3 aromatic rings. The van der Waals surface area contributed by atoms with Crippen LogP contribution in [0.15, 0.2) is 58.8 Å². The molecule has 0 saturated carbocycles. The van der Waals surface area contributed by atoms with Crippen LogP contribution in [0.5, 0.6) is 0 Å². The molecule has 2 N–H and O–H groups in total. The minimum atomic E-state index is -4.52. The maximum atomic E-state index is 13.9. The molecule has 3 rings (SSSR count). The lowest BCUT2D eigenvalue weighted by molar-refractivity contribution is -0.137. The summed E-state index contributed by atoms with van der Waals surface area (Å²) in [5.41, 5.74) is -0.695. The van der Waals surface area contributed by atoms with Crippen molar-refractivity contribution in [3.8, 4) is 0 Å². The highest BCUT2D eigenvalue weighted by Crippen LogP contribution is 2.30. The number of carbonyl (C=O) groups excluding carboxylic acids is 1. The first-order valence-electron chi connectivity index (χ1n) is 8.01. The zero-order chi connectivity index (χ0) is 22.1. The van der Waals surface area contributed by atoms with E-state index in [9.17, 15) is 30.8 Å². The predicted molar refractivity (Wildman–Crippen MR) is 106 cm³/mol. The fourth-order valence-electron chi connectivity index (χ4n) is 2.35. The number of thiophene rings is 1. The van der Waals surface area contributed by atoms with Crippen molar-refractivity contribution in [2.45, 2.75) is 11.1 Å². The monoisotopic (exact) mass is 478 g/mol. The zero-order valence-electron chi connectivity index (χ0n) is 14.6. The number of halogens is 5. The van der Waals surface area contributed by atoms with Crippen molar-refractivity contribution >= 4 is 49.6 Å². The van der Waals surface area contributed by atoms with E-state index in [2.05, 4.69) is 10.0 Å². The summed E-state index contributed by atoms with van der Waals surface area (Å²) in [4.78, 5) is 11.6. The maximum absolute atomic E-state index is 13.9. The number of carbonyl (C=O) groups is 1. The predicted octanol–water partition coefficient (Wildman–Crippen LogP) is 5.61. The molecule has 2 aromatic carbocycles. The van der Waals surface area contributed by atoms with Crippen molar-refractivity contribution in [3.05, 3.63) is 75.9 Å². The highest BCUT2D eigenvalue weighted by Gasteiger charge is 2.30. The van der Waals surface area contributed by atoms with Gasteiger partial charge in [-0.2, -0.15) is 13.2 Å². The van der Waals surface area contributed by atoms with Gasteiger partial charge in [0, 0.05) is 16.0 Å². The molecule has 0 unspecified atom stereocenters. The van der Waals surface area contributed by atoms with Gasteiger partial charge in [-0.15, -0.1) is 11.3 Å². The smallest absolute Gasteiger partial charge is 0.321 e. The molecule has 30 heavy (non-hydrogen) atoms. The van der Waals surface area contributed by atoms with Gasteiger partial charge in [-0.05, 0) is 48.5 Å². The third-order valence-electron chi connectivity index (χ3n) is 3.75. The van der Waals surface area contributed by atoms with Gasteiger partial charge < -0.3 is 5.32 Å². The molecule has 0 aliphatic rings. The normalized spacial score (nSPS) is 11.9. The lowest BCUT2D eigenvalue weighted by Gasteiger charge is -2.08. The van der Waals surface area contributed by atoms with Crippen molar-refractivity contribution in [1.29, 1.82) is 0 Å². The van der Waals surface area contributed by atoms with Crippen molar-refractivity contribution in [2.24, 2.45) is 0 Å². The Bertz CT molecular complexity index is 1190. The summed E-state index contributed by atoms with van der Waals surface area (Å²) in [7, 11) is -4.24. The number of amides is 1. The second-order valence-corrected chi connectivity index (χ2v) is 8.91. The number of benzene rings is 2. The molecule has 0 saturated heterocycles. The van der Waals surface area contributed by atoms with Gasteiger partial charge in [0.15, 0.2) is 0 Å². The first kappa shape index (κ1) is 22.1. The van der Waals surface area contributed by atoms with Crippen molar-refractivity contribution in [2.75, 3.05) is 10.0 Å². The molecule has 1 aromatic heterocycles. The maximum Gasteiger partial charge on any atom is 0.416 e. The van der Waals surface area contributed by atoms with Crippen LogP contribution in [0.1, 0.15) is 15.9 Å². The first-order chi connectivity index (χ1) is 14.0. The van der Waals surface area contributed by atoms with Crippen LogP contribution in [0.4, 0.5) is 28.3 Å². The van der Waals surface area contributed by atoms with E-state index in [1.165, 1.54) is 17.5 Å². The van der Waals surface area contributed by atoms with Gasteiger partial charge >= 0.3 is 6.18 Å². The van der Waals surface area contributed by atoms with Gasteiger partial charge in [0.05, 0.1) is 11.3 Å². The Hall–Kier alpha value is -2.63. The molecule has 12 heteroatoms. The van der Waals surface area contributed by atoms with E-state index in [0.717, 1.165) is 47.7 Å². The summed E-state index contributed by atoms with van der Waals surface area (Å²) in [5.74, 6) is -1.71. The average Bonchev–Trinajstić information content (AvgIpc) is 3.06. The van der Waals surface area contributed by atoms with Gasteiger partial charge in [-0.1, -0.05) is 11.6 Å².